The van der Waals surface area contributed by atoms with Gasteiger partial charge in [-0.15, -0.1) is 0 Å². The Labute approximate surface area is 113 Å². The van der Waals surface area contributed by atoms with E-state index in [0.717, 1.165) is 22.7 Å². The molecule has 2 rings (SSSR count). The molecule has 0 atom stereocenters. The first kappa shape index (κ1) is 12.4. The van der Waals surface area contributed by atoms with Crippen molar-refractivity contribution < 1.29 is 13.5 Å². The third-order valence-corrected chi connectivity index (χ3v) is 2.83. The van der Waals surface area contributed by atoms with E-state index in [2.05, 4.69) is 36.8 Å². The molecule has 88 valence electrons. The van der Waals surface area contributed by atoms with Gasteiger partial charge in [0.15, 0.2) is 0 Å². The molecule has 1 heterocycles. The molecule has 1 aromatic carbocycles. The first-order valence-corrected chi connectivity index (χ1v) is 6.08. The molecule has 0 unspecified atom stereocenters. The maximum absolute atomic E-state index is 12.9. The molecule has 17 heavy (non-hydrogen) atoms. The quantitative estimate of drug-likeness (QED) is 0.772. The Balaban J connectivity index is 2.31. The zero-order valence-corrected chi connectivity index (χ0v) is 11.4. The summed E-state index contributed by atoms with van der Waals surface area (Å²) in [5.41, 5.74) is 0. The lowest BCUT2D eigenvalue weighted by molar-refractivity contribution is 0.448. The van der Waals surface area contributed by atoms with Crippen LogP contribution in [0.25, 0.3) is 0 Å². The zero-order chi connectivity index (χ0) is 12.4. The van der Waals surface area contributed by atoms with Crippen molar-refractivity contribution in [2.75, 3.05) is 0 Å². The van der Waals surface area contributed by atoms with E-state index in [-0.39, 0.29) is 11.6 Å². The molecule has 0 fully saturated rings. The molecule has 0 amide bonds. The van der Waals surface area contributed by atoms with Gasteiger partial charge in [0.1, 0.15) is 17.4 Å². The van der Waals surface area contributed by atoms with Crippen molar-refractivity contribution in [2.24, 2.45) is 0 Å². The van der Waals surface area contributed by atoms with Gasteiger partial charge in [0.25, 0.3) is 0 Å². The van der Waals surface area contributed by atoms with Crippen molar-refractivity contribution in [3.63, 3.8) is 0 Å². The molecule has 0 N–H and O–H groups in total. The van der Waals surface area contributed by atoms with E-state index in [4.69, 9.17) is 4.74 Å². The highest BCUT2D eigenvalue weighted by Gasteiger charge is 2.07. The Bertz CT molecular complexity index is 543. The lowest BCUT2D eigenvalue weighted by Crippen LogP contribution is -1.91. The van der Waals surface area contributed by atoms with Crippen LogP contribution in [0.4, 0.5) is 8.78 Å². The number of halogens is 4. The Kier molecular flexibility index (Phi) is 3.73. The number of hydrogen-bond donors (Lipinski definition) is 0. The Morgan fingerprint density at radius 1 is 1.00 bits per heavy atom. The first-order valence-electron chi connectivity index (χ1n) is 4.49. The van der Waals surface area contributed by atoms with Crippen molar-refractivity contribution in [1.29, 1.82) is 0 Å². The van der Waals surface area contributed by atoms with Crippen molar-refractivity contribution >= 4 is 31.9 Å². The van der Waals surface area contributed by atoms with Crippen LogP contribution in [0.2, 0.25) is 0 Å². The van der Waals surface area contributed by atoms with Gasteiger partial charge in [0.05, 0.1) is 4.47 Å². The van der Waals surface area contributed by atoms with Crippen LogP contribution in [0.3, 0.4) is 0 Å². The number of hydrogen-bond acceptors (Lipinski definition) is 2. The monoisotopic (exact) mass is 363 g/mol. The minimum absolute atomic E-state index is 0.0537. The fourth-order valence-electron chi connectivity index (χ4n) is 1.18. The van der Waals surface area contributed by atoms with E-state index in [1.165, 1.54) is 6.20 Å². The van der Waals surface area contributed by atoms with Crippen molar-refractivity contribution in [2.45, 2.75) is 0 Å². The second-order valence-corrected chi connectivity index (χ2v) is 4.92. The molecule has 0 aliphatic rings. The summed E-state index contributed by atoms with van der Waals surface area (Å²) in [6.45, 7) is 0. The van der Waals surface area contributed by atoms with E-state index in [0.29, 0.717) is 4.47 Å². The number of benzene rings is 1. The van der Waals surface area contributed by atoms with Gasteiger partial charge < -0.3 is 4.74 Å². The largest absolute Gasteiger partial charge is 0.438 e. The topological polar surface area (TPSA) is 22.1 Å². The molecule has 0 aliphatic heterocycles. The highest BCUT2D eigenvalue weighted by molar-refractivity contribution is 9.11. The summed E-state index contributed by atoms with van der Waals surface area (Å²) in [4.78, 5) is 3.97. The molecule has 0 spiro atoms. The summed E-state index contributed by atoms with van der Waals surface area (Å²) in [5.74, 6) is -1.11. The maximum Gasteiger partial charge on any atom is 0.233 e. The van der Waals surface area contributed by atoms with Gasteiger partial charge in [-0.05, 0) is 37.9 Å². The molecule has 2 aromatic rings. The van der Waals surface area contributed by atoms with E-state index in [1.54, 1.807) is 6.07 Å². The number of aromatic nitrogens is 1. The second-order valence-electron chi connectivity index (χ2n) is 3.15. The summed E-state index contributed by atoms with van der Waals surface area (Å²) in [6, 6.07) is 4.66. The van der Waals surface area contributed by atoms with Crippen LogP contribution in [0.15, 0.2) is 39.4 Å². The predicted molar refractivity (Wildman–Crippen MR) is 66.1 cm³/mol. The summed E-state index contributed by atoms with van der Waals surface area (Å²) in [7, 11) is 0. The van der Waals surface area contributed by atoms with E-state index in [9.17, 15) is 8.78 Å². The normalized spacial score (nSPS) is 10.4. The van der Waals surface area contributed by atoms with E-state index in [1.807, 2.05) is 0 Å². The molecule has 6 heteroatoms. The molecule has 0 bridgehead atoms. The SMILES string of the molecule is Fc1cc(F)cc(Oc2ncc(Br)cc2Br)c1. The fourth-order valence-corrected chi connectivity index (χ4v) is 2.24. The van der Waals surface area contributed by atoms with Gasteiger partial charge >= 0.3 is 0 Å². The van der Waals surface area contributed by atoms with Gasteiger partial charge in [0.2, 0.25) is 5.88 Å². The van der Waals surface area contributed by atoms with Crippen LogP contribution in [0.1, 0.15) is 0 Å². The van der Waals surface area contributed by atoms with Crippen molar-refractivity contribution in [3.8, 4) is 11.6 Å². The number of rotatable bonds is 2. The molecule has 1 aromatic heterocycles. The van der Waals surface area contributed by atoms with Crippen molar-refractivity contribution in [3.05, 3.63) is 51.0 Å². The fraction of sp³-hybridized carbons (Fsp3) is 0. The molecular weight excluding hydrogens is 360 g/mol. The third-order valence-electron chi connectivity index (χ3n) is 1.82. The first-order chi connectivity index (χ1) is 8.04. The average Bonchev–Trinajstić information content (AvgIpc) is 2.21. The minimum atomic E-state index is -0.701. The Morgan fingerprint density at radius 2 is 1.65 bits per heavy atom. The lowest BCUT2D eigenvalue weighted by Gasteiger charge is -2.06. The smallest absolute Gasteiger partial charge is 0.233 e. The molecular formula is C11H5Br2F2NO. The molecule has 0 saturated heterocycles. The summed E-state index contributed by atoms with van der Waals surface area (Å²) in [5, 5.41) is 0. The predicted octanol–water partition coefficient (Wildman–Crippen LogP) is 4.68. The standard InChI is InChI=1S/C11H5Br2F2NO/c12-6-1-10(13)11(16-5-6)17-9-3-7(14)2-8(15)4-9/h1-5H. The molecule has 0 saturated carbocycles. The van der Waals surface area contributed by atoms with Crippen LogP contribution in [0, 0.1) is 11.6 Å². The van der Waals surface area contributed by atoms with Crippen molar-refractivity contribution in [1.82, 2.24) is 4.98 Å². The van der Waals surface area contributed by atoms with Gasteiger partial charge in [-0.3, -0.25) is 0 Å². The minimum Gasteiger partial charge on any atom is -0.438 e. The molecule has 0 aliphatic carbocycles. The number of nitrogens with zero attached hydrogens (tertiary/aromatic N) is 1. The highest BCUT2D eigenvalue weighted by atomic mass is 79.9. The van der Waals surface area contributed by atoms with Crippen LogP contribution in [-0.2, 0) is 0 Å². The number of ether oxygens (including phenoxy) is 1. The summed E-state index contributed by atoms with van der Waals surface area (Å²) < 4.78 is 32.5. The molecule has 0 radical (unpaired) electrons. The second kappa shape index (κ2) is 5.10. The van der Waals surface area contributed by atoms with Crippen LogP contribution in [-0.4, -0.2) is 4.98 Å². The Morgan fingerprint density at radius 3 is 2.24 bits per heavy atom. The van der Waals surface area contributed by atoms with Gasteiger partial charge in [-0.1, -0.05) is 0 Å². The molecule has 2 nitrogen and oxygen atoms in total. The van der Waals surface area contributed by atoms with E-state index >= 15 is 0 Å². The Hall–Kier alpha value is -1.01. The zero-order valence-electron chi connectivity index (χ0n) is 8.25. The summed E-state index contributed by atoms with van der Waals surface area (Å²) in [6.07, 6.45) is 1.52. The number of pyridine rings is 1. The van der Waals surface area contributed by atoms with Crippen LogP contribution >= 0.6 is 31.9 Å². The summed E-state index contributed by atoms with van der Waals surface area (Å²) >= 11 is 6.47. The van der Waals surface area contributed by atoms with Gasteiger partial charge in [0, 0.05) is 28.9 Å². The lowest BCUT2D eigenvalue weighted by atomic mass is 10.3. The van der Waals surface area contributed by atoms with Crippen LogP contribution in [0.5, 0.6) is 11.6 Å². The third kappa shape index (κ3) is 3.23. The average molecular weight is 365 g/mol. The highest BCUT2D eigenvalue weighted by Crippen LogP contribution is 2.30. The maximum atomic E-state index is 12.9. The van der Waals surface area contributed by atoms with E-state index < -0.39 is 11.6 Å². The van der Waals surface area contributed by atoms with Crippen LogP contribution < -0.4 is 4.74 Å². The van der Waals surface area contributed by atoms with Gasteiger partial charge in [-0.2, -0.15) is 0 Å². The van der Waals surface area contributed by atoms with Gasteiger partial charge in [-0.25, -0.2) is 13.8 Å².